The molecule has 1 N–H and O–H groups in total. The summed E-state index contributed by atoms with van der Waals surface area (Å²) in [6.45, 7) is 4.69. The van der Waals surface area contributed by atoms with Crippen LogP contribution < -0.4 is 0 Å². The van der Waals surface area contributed by atoms with E-state index in [0.717, 1.165) is 11.1 Å². The summed E-state index contributed by atoms with van der Waals surface area (Å²) in [4.78, 5) is 13.6. The SMILES string of the molecule is CC(C)=CC(=O)N1CC[C@H](c2ccc(F)cc2)[C@@H](O)C1. The van der Waals surface area contributed by atoms with Crippen LogP contribution in [0.4, 0.5) is 4.39 Å². The first-order valence-electron chi connectivity index (χ1n) is 6.84. The number of piperidine rings is 1. The van der Waals surface area contributed by atoms with Gasteiger partial charge in [-0.3, -0.25) is 4.79 Å². The molecule has 1 aliphatic heterocycles. The molecule has 20 heavy (non-hydrogen) atoms. The number of likely N-dealkylation sites (tertiary alicyclic amines) is 1. The third-order valence-corrected chi connectivity index (χ3v) is 3.60. The summed E-state index contributed by atoms with van der Waals surface area (Å²) >= 11 is 0. The Morgan fingerprint density at radius 3 is 2.55 bits per heavy atom. The molecule has 0 saturated carbocycles. The van der Waals surface area contributed by atoms with E-state index in [4.69, 9.17) is 0 Å². The van der Waals surface area contributed by atoms with Crippen LogP contribution in [-0.4, -0.2) is 35.1 Å². The predicted octanol–water partition coefficient (Wildman–Crippen LogP) is 2.47. The van der Waals surface area contributed by atoms with Crippen molar-refractivity contribution in [1.82, 2.24) is 4.90 Å². The molecule has 1 aliphatic rings. The number of aliphatic hydroxyl groups is 1. The van der Waals surface area contributed by atoms with E-state index in [0.29, 0.717) is 19.5 Å². The fourth-order valence-electron chi connectivity index (χ4n) is 2.57. The van der Waals surface area contributed by atoms with Gasteiger partial charge in [-0.1, -0.05) is 17.7 Å². The van der Waals surface area contributed by atoms with E-state index in [2.05, 4.69) is 0 Å². The van der Waals surface area contributed by atoms with Gasteiger partial charge in [-0.15, -0.1) is 0 Å². The Morgan fingerprint density at radius 1 is 1.35 bits per heavy atom. The molecule has 1 aromatic rings. The van der Waals surface area contributed by atoms with Gasteiger partial charge in [0.05, 0.1) is 6.10 Å². The fourth-order valence-corrected chi connectivity index (χ4v) is 2.57. The number of β-amino-alcohol motifs (C(OH)–C–C–N with tert-alkyl or cyclic N) is 1. The lowest BCUT2D eigenvalue weighted by atomic mass is 9.87. The number of carbonyl (C=O) groups excluding carboxylic acids is 1. The summed E-state index contributed by atoms with van der Waals surface area (Å²) in [5, 5.41) is 10.2. The third kappa shape index (κ3) is 3.45. The molecule has 0 aliphatic carbocycles. The summed E-state index contributed by atoms with van der Waals surface area (Å²) in [5.41, 5.74) is 1.87. The van der Waals surface area contributed by atoms with Crippen molar-refractivity contribution in [3.63, 3.8) is 0 Å². The highest BCUT2D eigenvalue weighted by Crippen LogP contribution is 2.28. The van der Waals surface area contributed by atoms with Crippen LogP contribution in [0.2, 0.25) is 0 Å². The maximum absolute atomic E-state index is 12.9. The summed E-state index contributed by atoms with van der Waals surface area (Å²) in [7, 11) is 0. The average molecular weight is 277 g/mol. The molecule has 0 radical (unpaired) electrons. The van der Waals surface area contributed by atoms with Gasteiger partial charge in [0.25, 0.3) is 0 Å². The third-order valence-electron chi connectivity index (χ3n) is 3.60. The number of hydrogen-bond acceptors (Lipinski definition) is 2. The van der Waals surface area contributed by atoms with Crippen molar-refractivity contribution in [2.24, 2.45) is 0 Å². The van der Waals surface area contributed by atoms with Crippen LogP contribution in [0.25, 0.3) is 0 Å². The van der Waals surface area contributed by atoms with E-state index in [-0.39, 0.29) is 17.6 Å². The summed E-state index contributed by atoms with van der Waals surface area (Å²) in [6.07, 6.45) is 1.67. The van der Waals surface area contributed by atoms with Gasteiger partial charge in [-0.2, -0.15) is 0 Å². The zero-order valence-corrected chi connectivity index (χ0v) is 11.8. The number of carbonyl (C=O) groups is 1. The first kappa shape index (κ1) is 14.7. The zero-order chi connectivity index (χ0) is 14.7. The molecule has 0 unspecified atom stereocenters. The van der Waals surface area contributed by atoms with Crippen LogP contribution in [-0.2, 0) is 4.79 Å². The Kier molecular flexibility index (Phi) is 4.55. The van der Waals surface area contributed by atoms with Crippen molar-refractivity contribution in [3.8, 4) is 0 Å². The van der Waals surface area contributed by atoms with E-state index in [1.54, 1.807) is 23.1 Å². The predicted molar refractivity (Wildman–Crippen MR) is 75.8 cm³/mol. The largest absolute Gasteiger partial charge is 0.391 e. The van der Waals surface area contributed by atoms with Gasteiger partial charge in [0.2, 0.25) is 5.91 Å². The lowest BCUT2D eigenvalue weighted by Crippen LogP contribution is -2.45. The van der Waals surface area contributed by atoms with Crippen LogP contribution in [0.3, 0.4) is 0 Å². The maximum Gasteiger partial charge on any atom is 0.246 e. The molecule has 0 bridgehead atoms. The Bertz CT molecular complexity index is 506. The minimum Gasteiger partial charge on any atom is -0.391 e. The number of aliphatic hydroxyl groups excluding tert-OH is 1. The molecule has 2 atom stereocenters. The molecule has 2 rings (SSSR count). The number of allylic oxidation sites excluding steroid dienone is 1. The number of amides is 1. The van der Waals surface area contributed by atoms with Gasteiger partial charge in [-0.25, -0.2) is 4.39 Å². The number of halogens is 1. The van der Waals surface area contributed by atoms with Crippen LogP contribution in [0.15, 0.2) is 35.9 Å². The van der Waals surface area contributed by atoms with Crippen molar-refractivity contribution in [2.75, 3.05) is 13.1 Å². The number of rotatable bonds is 2. The Morgan fingerprint density at radius 2 is 2.00 bits per heavy atom. The number of hydrogen-bond donors (Lipinski definition) is 1. The normalized spacial score (nSPS) is 22.5. The highest BCUT2D eigenvalue weighted by Gasteiger charge is 2.30. The zero-order valence-electron chi connectivity index (χ0n) is 11.8. The standard InChI is InChI=1S/C16H20FNO2/c1-11(2)9-16(20)18-8-7-14(15(19)10-18)12-3-5-13(17)6-4-12/h3-6,9,14-15,19H,7-8,10H2,1-2H3/t14-,15+/m1/s1. The minimum absolute atomic E-state index is 0.0358. The Balaban J connectivity index is 2.04. The Hall–Kier alpha value is -1.68. The maximum atomic E-state index is 12.9. The monoisotopic (exact) mass is 277 g/mol. The lowest BCUT2D eigenvalue weighted by molar-refractivity contribution is -0.129. The van der Waals surface area contributed by atoms with Crippen molar-refractivity contribution in [2.45, 2.75) is 32.3 Å². The van der Waals surface area contributed by atoms with E-state index < -0.39 is 6.10 Å². The second kappa shape index (κ2) is 6.18. The van der Waals surface area contributed by atoms with E-state index >= 15 is 0 Å². The quantitative estimate of drug-likeness (QED) is 0.844. The first-order chi connectivity index (χ1) is 9.47. The number of benzene rings is 1. The molecular weight excluding hydrogens is 257 g/mol. The van der Waals surface area contributed by atoms with Crippen LogP contribution in [0.1, 0.15) is 31.7 Å². The molecule has 1 heterocycles. The van der Waals surface area contributed by atoms with Gasteiger partial charge < -0.3 is 10.0 Å². The molecule has 0 spiro atoms. The second-order valence-corrected chi connectivity index (χ2v) is 5.52. The number of nitrogens with zero attached hydrogens (tertiary/aromatic N) is 1. The molecular formula is C16H20FNO2. The average Bonchev–Trinajstić information content (AvgIpc) is 2.39. The van der Waals surface area contributed by atoms with Crippen molar-refractivity contribution in [1.29, 1.82) is 0 Å². The molecule has 1 fully saturated rings. The molecule has 3 nitrogen and oxygen atoms in total. The minimum atomic E-state index is -0.608. The van der Waals surface area contributed by atoms with Gasteiger partial charge >= 0.3 is 0 Å². The van der Waals surface area contributed by atoms with Gasteiger partial charge in [-0.05, 0) is 38.0 Å². The molecule has 108 valence electrons. The highest BCUT2D eigenvalue weighted by atomic mass is 19.1. The lowest BCUT2D eigenvalue weighted by Gasteiger charge is -2.35. The van der Waals surface area contributed by atoms with Crippen LogP contribution >= 0.6 is 0 Å². The fraction of sp³-hybridized carbons (Fsp3) is 0.438. The molecule has 0 aromatic heterocycles. The highest BCUT2D eigenvalue weighted by molar-refractivity contribution is 5.88. The smallest absolute Gasteiger partial charge is 0.246 e. The van der Waals surface area contributed by atoms with Crippen molar-refractivity contribution in [3.05, 3.63) is 47.3 Å². The van der Waals surface area contributed by atoms with E-state index in [1.807, 2.05) is 13.8 Å². The van der Waals surface area contributed by atoms with Gasteiger partial charge in [0.1, 0.15) is 5.82 Å². The second-order valence-electron chi connectivity index (χ2n) is 5.52. The van der Waals surface area contributed by atoms with Crippen LogP contribution in [0, 0.1) is 5.82 Å². The van der Waals surface area contributed by atoms with E-state index in [9.17, 15) is 14.3 Å². The molecule has 1 amide bonds. The Labute approximate surface area is 118 Å². The molecule has 1 saturated heterocycles. The molecule has 1 aromatic carbocycles. The summed E-state index contributed by atoms with van der Waals surface area (Å²) in [6, 6.07) is 6.22. The topological polar surface area (TPSA) is 40.5 Å². The van der Waals surface area contributed by atoms with Gasteiger partial charge in [0, 0.05) is 25.1 Å². The van der Waals surface area contributed by atoms with Crippen LogP contribution in [0.5, 0.6) is 0 Å². The van der Waals surface area contributed by atoms with Gasteiger partial charge in [0.15, 0.2) is 0 Å². The van der Waals surface area contributed by atoms with Crippen molar-refractivity contribution < 1.29 is 14.3 Å². The van der Waals surface area contributed by atoms with Crippen molar-refractivity contribution >= 4 is 5.91 Å². The first-order valence-corrected chi connectivity index (χ1v) is 6.84. The summed E-state index contributed by atoms with van der Waals surface area (Å²) in [5.74, 6) is -0.368. The molecule has 4 heteroatoms. The van der Waals surface area contributed by atoms with E-state index in [1.165, 1.54) is 12.1 Å². The summed E-state index contributed by atoms with van der Waals surface area (Å²) < 4.78 is 12.9.